The van der Waals surface area contributed by atoms with Crippen LogP contribution in [0, 0.1) is 0 Å². The molecule has 0 heterocycles. The van der Waals surface area contributed by atoms with Crippen molar-refractivity contribution in [1.82, 2.24) is 0 Å². The summed E-state index contributed by atoms with van der Waals surface area (Å²) in [5.74, 6) is 0. The van der Waals surface area contributed by atoms with Gasteiger partial charge in [-0.25, -0.2) is 0 Å². The monoisotopic (exact) mass is 292 g/mol. The Labute approximate surface area is 86.4 Å². The van der Waals surface area contributed by atoms with Crippen LogP contribution in [0.5, 0.6) is 0 Å². The standard InChI is InChI=1S/Cr.Cu.Mn.Ni.Zn. The van der Waals surface area contributed by atoms with E-state index in [-0.39, 0.29) is 87.5 Å². The maximum atomic E-state index is 0. The molecule has 0 aliphatic rings. The SMILES string of the molecule is [Cr].[Cu].[Mn].[Ni].[Zn]. The fourth-order valence-corrected chi connectivity index (χ4v) is 0. The van der Waals surface area contributed by atoms with E-state index in [1.165, 1.54) is 0 Å². The Bertz CT molecular complexity index is 11.6. The zero-order chi connectivity index (χ0) is 0. The topological polar surface area (TPSA) is 0 Å². The van der Waals surface area contributed by atoms with Gasteiger partial charge in [0.05, 0.1) is 0 Å². The van der Waals surface area contributed by atoms with Crippen LogP contribution in [-0.2, 0) is 87.5 Å². The van der Waals surface area contributed by atoms with Crippen LogP contribution in [0.25, 0.3) is 0 Å². The zero-order valence-electron chi connectivity index (χ0n) is 2.11. The van der Waals surface area contributed by atoms with Crippen LogP contribution < -0.4 is 0 Å². The minimum absolute atomic E-state index is 0. The third kappa shape index (κ3) is 20.3. The number of hydrogen-bond donors (Lipinski definition) is 0. The molecule has 0 aliphatic heterocycles. The van der Waals surface area contributed by atoms with Crippen LogP contribution in [-0.4, -0.2) is 0 Å². The van der Waals surface area contributed by atoms with Crippen LogP contribution in [0.3, 0.4) is 0 Å². The molecule has 0 aromatic heterocycles. The third-order valence-electron chi connectivity index (χ3n) is 0. The summed E-state index contributed by atoms with van der Waals surface area (Å²) in [7, 11) is 0. The molecule has 0 saturated heterocycles. The van der Waals surface area contributed by atoms with E-state index in [0.29, 0.717) is 0 Å². The van der Waals surface area contributed by atoms with E-state index in [4.69, 9.17) is 0 Å². The molecular weight excluding hydrogens is 295 g/mol. The van der Waals surface area contributed by atoms with Crippen molar-refractivity contribution < 1.29 is 87.5 Å². The molecule has 0 unspecified atom stereocenters. The molecule has 0 atom stereocenters. The van der Waals surface area contributed by atoms with Gasteiger partial charge in [-0.2, -0.15) is 0 Å². The maximum Gasteiger partial charge on any atom is 0 e. The van der Waals surface area contributed by atoms with Gasteiger partial charge in [-0.1, -0.05) is 0 Å². The van der Waals surface area contributed by atoms with Gasteiger partial charge in [-0.15, -0.1) is 0 Å². The second-order valence-corrected chi connectivity index (χ2v) is 0. The maximum absolute atomic E-state index is 0. The number of rotatable bonds is 0. The second kappa shape index (κ2) is 29.9. The van der Waals surface area contributed by atoms with E-state index >= 15 is 0 Å². The first-order valence-electron chi connectivity index (χ1n) is 0. The molecule has 0 aromatic carbocycles. The van der Waals surface area contributed by atoms with Gasteiger partial charge in [0.1, 0.15) is 0 Å². The molecule has 0 bridgehead atoms. The summed E-state index contributed by atoms with van der Waals surface area (Å²) in [5, 5.41) is 0. The molecule has 2 radical (unpaired) electrons. The summed E-state index contributed by atoms with van der Waals surface area (Å²) >= 11 is 0. The van der Waals surface area contributed by atoms with Gasteiger partial charge < -0.3 is 0 Å². The molecule has 0 aromatic rings. The Balaban J connectivity index is 0. The molecule has 36 valence electrons. The predicted molar refractivity (Wildman–Crippen MR) is 0 cm³/mol. The Morgan fingerprint density at radius 2 is 1.00 bits per heavy atom. The third-order valence-corrected chi connectivity index (χ3v) is 0. The molecule has 0 saturated carbocycles. The molecule has 0 spiro atoms. The van der Waals surface area contributed by atoms with Gasteiger partial charge in [0, 0.05) is 87.5 Å². The van der Waals surface area contributed by atoms with Gasteiger partial charge in [-0.05, 0) is 0 Å². The smallest absolute Gasteiger partial charge is 0 e. The average Bonchev–Trinajstić information content (AvgIpc) is 0. The van der Waals surface area contributed by atoms with E-state index in [1.54, 1.807) is 0 Å². The van der Waals surface area contributed by atoms with Crippen LogP contribution in [0.15, 0.2) is 0 Å². The van der Waals surface area contributed by atoms with Crippen molar-refractivity contribution in [3.05, 3.63) is 0 Å². The van der Waals surface area contributed by atoms with Crippen LogP contribution in [0.2, 0.25) is 0 Å². The van der Waals surface area contributed by atoms with Crippen molar-refractivity contribution >= 4 is 0 Å². The fraction of sp³-hybridized carbons (Fsp3) is 0. The Morgan fingerprint density at radius 3 is 1.00 bits per heavy atom. The van der Waals surface area contributed by atoms with E-state index in [9.17, 15) is 0 Å². The first kappa shape index (κ1) is 47.6. The van der Waals surface area contributed by atoms with Crippen molar-refractivity contribution in [2.24, 2.45) is 0 Å². The first-order valence-corrected chi connectivity index (χ1v) is 0. The summed E-state index contributed by atoms with van der Waals surface area (Å²) in [6, 6.07) is 0. The minimum Gasteiger partial charge on any atom is 0 e. The van der Waals surface area contributed by atoms with E-state index in [1.807, 2.05) is 0 Å². The molecule has 0 nitrogen and oxygen atoms in total. The van der Waals surface area contributed by atoms with Crippen LogP contribution >= 0.6 is 0 Å². The quantitative estimate of drug-likeness (QED) is 0.551. The van der Waals surface area contributed by atoms with Crippen LogP contribution in [0.1, 0.15) is 0 Å². The first-order chi connectivity index (χ1) is 0. The van der Waals surface area contributed by atoms with Crippen LogP contribution in [0.4, 0.5) is 0 Å². The van der Waals surface area contributed by atoms with Crippen molar-refractivity contribution in [2.75, 3.05) is 0 Å². The summed E-state index contributed by atoms with van der Waals surface area (Å²) in [5.41, 5.74) is 0. The van der Waals surface area contributed by atoms with E-state index < -0.39 is 0 Å². The van der Waals surface area contributed by atoms with Gasteiger partial charge in [0.15, 0.2) is 0 Å². The normalized spacial score (nSPS) is 0. The Kier molecular flexibility index (Phi) is 285. The van der Waals surface area contributed by atoms with Gasteiger partial charge in [0.25, 0.3) is 0 Å². The summed E-state index contributed by atoms with van der Waals surface area (Å²) < 4.78 is 0. The molecule has 0 amide bonds. The van der Waals surface area contributed by atoms with Gasteiger partial charge in [-0.3, -0.25) is 0 Å². The van der Waals surface area contributed by atoms with Crippen molar-refractivity contribution in [3.8, 4) is 0 Å². The largest absolute Gasteiger partial charge is 0 e. The predicted octanol–water partition coefficient (Wildman–Crippen LogP) is -0.0125. The van der Waals surface area contributed by atoms with E-state index in [0.717, 1.165) is 0 Å². The zero-order valence-corrected chi connectivity index (χ0v) is 9.46. The summed E-state index contributed by atoms with van der Waals surface area (Å²) in [4.78, 5) is 0. The molecular formula is CrCuMnNiZn. The fourth-order valence-electron chi connectivity index (χ4n) is 0. The second-order valence-electron chi connectivity index (χ2n) is 0. The molecule has 5 heteroatoms. The molecule has 0 N–H and O–H groups in total. The average molecular weight is 295 g/mol. The molecule has 0 fully saturated rings. The number of hydrogen-bond acceptors (Lipinski definition) is 0. The summed E-state index contributed by atoms with van der Waals surface area (Å²) in [6.07, 6.45) is 0. The summed E-state index contributed by atoms with van der Waals surface area (Å²) in [6.45, 7) is 0. The minimum atomic E-state index is 0. The Hall–Kier alpha value is 2.69. The van der Waals surface area contributed by atoms with Crippen molar-refractivity contribution in [1.29, 1.82) is 0 Å². The van der Waals surface area contributed by atoms with Gasteiger partial charge in [0.2, 0.25) is 0 Å². The Morgan fingerprint density at radius 1 is 1.00 bits per heavy atom. The molecule has 5 heavy (non-hydrogen) atoms. The van der Waals surface area contributed by atoms with E-state index in [2.05, 4.69) is 0 Å². The van der Waals surface area contributed by atoms with Gasteiger partial charge >= 0.3 is 0 Å². The van der Waals surface area contributed by atoms with Crippen molar-refractivity contribution in [2.45, 2.75) is 0 Å². The van der Waals surface area contributed by atoms with Crippen molar-refractivity contribution in [3.63, 3.8) is 0 Å². The molecule has 0 aliphatic carbocycles. The molecule has 0 rings (SSSR count).